The van der Waals surface area contributed by atoms with Gasteiger partial charge in [-0.15, -0.1) is 23.2 Å². The number of rotatable bonds is 6. The van der Waals surface area contributed by atoms with Crippen molar-refractivity contribution in [1.82, 2.24) is 0 Å². The minimum absolute atomic E-state index is 0.0264. The standard InChI is InChI=1S/C33H31Cl5FN3O6/c1-31(2,3)47-29(45)42(30(46)48-32(4,5)6)24-10-7-19(39)14-23(24)41-27(43)21-15-20(8-9-22(21)36)40-28(44)26-25(33(26,37)38)16-11-17(34)13-18(35)12-16/h7-15,25-26H,1-6H3,(H,40,44)(H,41,43)/t25?,26-/m1/s1. The molecule has 4 amide bonds. The molecule has 3 aromatic carbocycles. The second kappa shape index (κ2) is 13.9. The van der Waals surface area contributed by atoms with Crippen LogP contribution in [0.25, 0.3) is 0 Å². The van der Waals surface area contributed by atoms with E-state index in [1.54, 1.807) is 53.7 Å². The van der Waals surface area contributed by atoms with Gasteiger partial charge in [-0.25, -0.2) is 14.0 Å². The van der Waals surface area contributed by atoms with Gasteiger partial charge in [-0.05, 0) is 102 Å². The SMILES string of the molecule is CC(C)(C)OC(=O)N(C(=O)OC(C)(C)C)c1ccc(F)cc1NC(=O)c1cc(NC(=O)[C@H]2C(c3cc(Cl)cc(Cl)c3)C2(Cl)Cl)ccc1Cl. The molecule has 0 aromatic heterocycles. The molecule has 3 aromatic rings. The molecule has 256 valence electrons. The monoisotopic (exact) mass is 759 g/mol. The molecular formula is C33H31Cl5FN3O6. The van der Waals surface area contributed by atoms with Crippen LogP contribution in [0, 0.1) is 11.7 Å². The number of ether oxygens (including phenoxy) is 2. The minimum Gasteiger partial charge on any atom is -0.443 e. The van der Waals surface area contributed by atoms with Gasteiger partial charge < -0.3 is 20.1 Å². The molecule has 0 saturated heterocycles. The Balaban J connectivity index is 1.61. The Morgan fingerprint density at radius 1 is 0.792 bits per heavy atom. The molecule has 2 atom stereocenters. The molecule has 1 unspecified atom stereocenters. The average Bonchev–Trinajstić information content (AvgIpc) is 3.50. The number of imide groups is 1. The predicted molar refractivity (Wildman–Crippen MR) is 187 cm³/mol. The van der Waals surface area contributed by atoms with E-state index in [0.29, 0.717) is 20.5 Å². The summed E-state index contributed by atoms with van der Waals surface area (Å²) in [5.41, 5.74) is -1.96. The van der Waals surface area contributed by atoms with Crippen molar-refractivity contribution in [3.63, 3.8) is 0 Å². The average molecular weight is 762 g/mol. The number of benzene rings is 3. The molecule has 4 rings (SSSR count). The van der Waals surface area contributed by atoms with Crippen LogP contribution in [0.1, 0.15) is 63.4 Å². The molecule has 0 heterocycles. The van der Waals surface area contributed by atoms with Gasteiger partial charge >= 0.3 is 12.2 Å². The zero-order chi connectivity index (χ0) is 35.9. The first-order valence-electron chi connectivity index (χ1n) is 14.4. The van der Waals surface area contributed by atoms with Crippen LogP contribution in [-0.2, 0) is 14.3 Å². The quantitative estimate of drug-likeness (QED) is 0.242. The van der Waals surface area contributed by atoms with E-state index in [9.17, 15) is 23.6 Å². The summed E-state index contributed by atoms with van der Waals surface area (Å²) in [6, 6.07) is 11.9. The Morgan fingerprint density at radius 2 is 1.35 bits per heavy atom. The number of anilines is 3. The van der Waals surface area contributed by atoms with Crippen molar-refractivity contribution in [3.8, 4) is 0 Å². The third-order valence-electron chi connectivity index (χ3n) is 6.66. The lowest BCUT2D eigenvalue weighted by atomic mass is 10.1. The molecule has 0 radical (unpaired) electrons. The van der Waals surface area contributed by atoms with Gasteiger partial charge in [-0.2, -0.15) is 4.90 Å². The summed E-state index contributed by atoms with van der Waals surface area (Å²) in [5, 5.41) is 5.85. The molecule has 1 aliphatic rings. The van der Waals surface area contributed by atoms with Crippen LogP contribution in [-0.4, -0.2) is 39.5 Å². The van der Waals surface area contributed by atoms with Crippen LogP contribution in [0.3, 0.4) is 0 Å². The van der Waals surface area contributed by atoms with Gasteiger partial charge in [0, 0.05) is 21.7 Å². The summed E-state index contributed by atoms with van der Waals surface area (Å²) >= 11 is 31.5. The first-order chi connectivity index (χ1) is 22.1. The van der Waals surface area contributed by atoms with Crippen LogP contribution in [0.15, 0.2) is 54.6 Å². The van der Waals surface area contributed by atoms with E-state index >= 15 is 0 Å². The number of carbonyl (C=O) groups excluding carboxylic acids is 4. The molecule has 0 aliphatic heterocycles. The maximum atomic E-state index is 14.5. The van der Waals surface area contributed by atoms with Crippen molar-refractivity contribution in [1.29, 1.82) is 0 Å². The van der Waals surface area contributed by atoms with Crippen LogP contribution in [0.4, 0.5) is 31.0 Å². The van der Waals surface area contributed by atoms with Gasteiger partial charge in [0.05, 0.1) is 27.9 Å². The maximum Gasteiger partial charge on any atom is 0.424 e. The van der Waals surface area contributed by atoms with E-state index in [-0.39, 0.29) is 27.6 Å². The van der Waals surface area contributed by atoms with Crippen molar-refractivity contribution in [2.45, 2.75) is 63.0 Å². The number of hydrogen-bond acceptors (Lipinski definition) is 6. The van der Waals surface area contributed by atoms with Crippen LogP contribution < -0.4 is 15.5 Å². The number of amides is 4. The lowest BCUT2D eigenvalue weighted by Gasteiger charge is -2.29. The second-order valence-electron chi connectivity index (χ2n) is 12.9. The van der Waals surface area contributed by atoms with Gasteiger partial charge in [0.25, 0.3) is 5.91 Å². The summed E-state index contributed by atoms with van der Waals surface area (Å²) in [6.45, 7) is 9.56. The minimum atomic E-state index is -1.45. The Kier molecular flexibility index (Phi) is 10.9. The van der Waals surface area contributed by atoms with Crippen molar-refractivity contribution < 1.29 is 33.0 Å². The highest BCUT2D eigenvalue weighted by atomic mass is 35.5. The number of nitrogens with zero attached hydrogens (tertiary/aromatic N) is 1. The summed E-state index contributed by atoms with van der Waals surface area (Å²) in [7, 11) is 0. The van der Waals surface area contributed by atoms with Crippen molar-refractivity contribution in [2.24, 2.45) is 5.92 Å². The van der Waals surface area contributed by atoms with E-state index in [1.807, 2.05) is 0 Å². The van der Waals surface area contributed by atoms with Gasteiger partial charge in [0.1, 0.15) is 21.4 Å². The van der Waals surface area contributed by atoms with Crippen LogP contribution in [0.2, 0.25) is 15.1 Å². The van der Waals surface area contributed by atoms with Crippen molar-refractivity contribution in [2.75, 3.05) is 15.5 Å². The molecule has 0 spiro atoms. The number of nitrogens with one attached hydrogen (secondary N) is 2. The fourth-order valence-corrected chi connectivity index (χ4v) is 6.27. The molecule has 0 bridgehead atoms. The topological polar surface area (TPSA) is 114 Å². The summed E-state index contributed by atoms with van der Waals surface area (Å²) in [5.74, 6) is -3.70. The normalized spacial score (nSPS) is 16.8. The molecule has 15 heteroatoms. The third-order valence-corrected chi connectivity index (χ3v) is 8.36. The highest BCUT2D eigenvalue weighted by Gasteiger charge is 2.67. The van der Waals surface area contributed by atoms with Crippen molar-refractivity contribution in [3.05, 3.63) is 86.6 Å². The molecular weight excluding hydrogens is 731 g/mol. The first kappa shape index (κ1) is 37.5. The first-order valence-corrected chi connectivity index (χ1v) is 16.3. The van der Waals surface area contributed by atoms with Crippen LogP contribution in [0.5, 0.6) is 0 Å². The second-order valence-corrected chi connectivity index (χ2v) is 15.7. The molecule has 1 aliphatic carbocycles. The zero-order valence-electron chi connectivity index (χ0n) is 26.5. The summed E-state index contributed by atoms with van der Waals surface area (Å²) < 4.78 is 23.9. The van der Waals surface area contributed by atoms with Gasteiger partial charge in [0.2, 0.25) is 5.91 Å². The summed E-state index contributed by atoms with van der Waals surface area (Å²) in [6.07, 6.45) is -2.26. The zero-order valence-corrected chi connectivity index (χ0v) is 30.3. The van der Waals surface area contributed by atoms with E-state index in [4.69, 9.17) is 67.5 Å². The van der Waals surface area contributed by atoms with E-state index in [0.717, 1.165) is 18.2 Å². The molecule has 48 heavy (non-hydrogen) atoms. The maximum absolute atomic E-state index is 14.5. The Bertz CT molecular complexity index is 1740. The lowest BCUT2D eigenvalue weighted by Crippen LogP contribution is -2.44. The molecule has 9 nitrogen and oxygen atoms in total. The van der Waals surface area contributed by atoms with E-state index in [2.05, 4.69) is 10.6 Å². The third kappa shape index (κ3) is 9.03. The number of hydrogen-bond donors (Lipinski definition) is 2. The Hall–Kier alpha value is -3.28. The van der Waals surface area contributed by atoms with Gasteiger partial charge in [-0.3, -0.25) is 9.59 Å². The summed E-state index contributed by atoms with van der Waals surface area (Å²) in [4.78, 5) is 53.9. The van der Waals surface area contributed by atoms with Gasteiger partial charge in [-0.1, -0.05) is 34.8 Å². The number of carbonyl (C=O) groups is 4. The van der Waals surface area contributed by atoms with E-state index in [1.165, 1.54) is 24.3 Å². The van der Waals surface area contributed by atoms with Gasteiger partial charge in [0.15, 0.2) is 0 Å². The number of halogens is 6. The fraction of sp³-hybridized carbons (Fsp3) is 0.333. The Morgan fingerprint density at radius 3 is 1.90 bits per heavy atom. The van der Waals surface area contributed by atoms with E-state index < -0.39 is 57.2 Å². The predicted octanol–water partition coefficient (Wildman–Crippen LogP) is 10.2. The Labute approximate surface area is 301 Å². The highest BCUT2D eigenvalue weighted by molar-refractivity contribution is 6.53. The molecule has 1 saturated carbocycles. The molecule has 2 N–H and O–H groups in total. The van der Waals surface area contributed by atoms with Crippen molar-refractivity contribution >= 4 is 99.1 Å². The molecule has 1 fully saturated rings. The smallest absolute Gasteiger partial charge is 0.424 e. The number of alkyl halides is 2. The lowest BCUT2D eigenvalue weighted by molar-refractivity contribution is -0.117. The highest BCUT2D eigenvalue weighted by Crippen LogP contribution is 2.65. The fourth-order valence-electron chi connectivity index (χ4n) is 4.70. The largest absolute Gasteiger partial charge is 0.443 e. The van der Waals surface area contributed by atoms with Crippen LogP contribution >= 0.6 is 58.0 Å².